The molecule has 0 heterocycles. The Balaban J connectivity index is 3.77. The molecule has 4 heteroatoms. The minimum Gasteiger partial charge on any atom is -0.504 e. The maximum absolute atomic E-state index is 10.8. The van der Waals surface area contributed by atoms with Crippen LogP contribution < -0.4 is 0 Å². The second-order valence-corrected chi connectivity index (χ2v) is 2.04. The molecular formula is C8H12O4. The van der Waals surface area contributed by atoms with E-state index < -0.39 is 11.8 Å². The van der Waals surface area contributed by atoms with E-state index in [1.165, 1.54) is 7.11 Å². The van der Waals surface area contributed by atoms with Crippen LogP contribution in [0.15, 0.2) is 12.3 Å². The molecule has 0 aliphatic carbocycles. The molecule has 0 spiro atoms. The smallest absolute Gasteiger partial charge is 0.379 e. The third-order valence-electron chi connectivity index (χ3n) is 0.994. The Labute approximate surface area is 71.2 Å². The number of ketones is 1. The van der Waals surface area contributed by atoms with E-state index in [2.05, 4.69) is 9.47 Å². The molecule has 12 heavy (non-hydrogen) atoms. The standard InChI is InChI=1S/C8H12O4/c1-3-5-12-8(10)7(9)4-6-11-2/h4,6H,3,5H2,1-2H3/b6-4+. The maximum atomic E-state index is 10.8. The van der Waals surface area contributed by atoms with E-state index in [9.17, 15) is 9.59 Å². The lowest BCUT2D eigenvalue weighted by Gasteiger charge is -1.97. The molecule has 0 radical (unpaired) electrons. The van der Waals surface area contributed by atoms with Crippen LogP contribution in [0.3, 0.4) is 0 Å². The number of rotatable bonds is 5. The van der Waals surface area contributed by atoms with Crippen LogP contribution in [0, 0.1) is 0 Å². The molecule has 0 unspecified atom stereocenters. The molecule has 4 nitrogen and oxygen atoms in total. The predicted molar refractivity (Wildman–Crippen MR) is 42.4 cm³/mol. The first-order valence-electron chi connectivity index (χ1n) is 3.62. The SMILES string of the molecule is CCCOC(=O)C(=O)/C=C/OC. The van der Waals surface area contributed by atoms with Crippen LogP contribution in [-0.2, 0) is 19.1 Å². The van der Waals surface area contributed by atoms with Crippen molar-refractivity contribution in [1.29, 1.82) is 0 Å². The molecule has 0 saturated carbocycles. The van der Waals surface area contributed by atoms with E-state index in [1.807, 2.05) is 6.92 Å². The minimum absolute atomic E-state index is 0.269. The van der Waals surface area contributed by atoms with Gasteiger partial charge in [-0.05, 0) is 6.42 Å². The second kappa shape index (κ2) is 6.39. The molecule has 0 aromatic heterocycles. The molecule has 0 aliphatic rings. The highest BCUT2D eigenvalue weighted by atomic mass is 16.5. The molecule has 0 aromatic carbocycles. The molecule has 0 amide bonds. The van der Waals surface area contributed by atoms with Gasteiger partial charge in [0.1, 0.15) is 0 Å². The highest BCUT2D eigenvalue weighted by Crippen LogP contribution is 1.86. The van der Waals surface area contributed by atoms with Crippen LogP contribution in [-0.4, -0.2) is 25.5 Å². The average molecular weight is 172 g/mol. The third-order valence-corrected chi connectivity index (χ3v) is 0.994. The highest BCUT2D eigenvalue weighted by Gasteiger charge is 2.10. The lowest BCUT2D eigenvalue weighted by Crippen LogP contribution is -2.15. The summed E-state index contributed by atoms with van der Waals surface area (Å²) in [6.07, 6.45) is 2.86. The van der Waals surface area contributed by atoms with Gasteiger partial charge in [0.05, 0.1) is 20.0 Å². The van der Waals surface area contributed by atoms with E-state index in [-0.39, 0.29) is 6.61 Å². The van der Waals surface area contributed by atoms with Crippen LogP contribution >= 0.6 is 0 Å². The zero-order valence-electron chi connectivity index (χ0n) is 7.20. The van der Waals surface area contributed by atoms with E-state index in [0.29, 0.717) is 6.42 Å². The van der Waals surface area contributed by atoms with Gasteiger partial charge in [-0.3, -0.25) is 4.79 Å². The summed E-state index contributed by atoms with van der Waals surface area (Å²) in [5, 5.41) is 0. The fourth-order valence-corrected chi connectivity index (χ4v) is 0.464. The van der Waals surface area contributed by atoms with Crippen molar-refractivity contribution in [1.82, 2.24) is 0 Å². The zero-order chi connectivity index (χ0) is 9.40. The van der Waals surface area contributed by atoms with Gasteiger partial charge >= 0.3 is 5.97 Å². The minimum atomic E-state index is -0.842. The van der Waals surface area contributed by atoms with Gasteiger partial charge in [-0.1, -0.05) is 6.92 Å². The number of hydrogen-bond acceptors (Lipinski definition) is 4. The number of carbonyl (C=O) groups is 2. The number of hydrogen-bond donors (Lipinski definition) is 0. The second-order valence-electron chi connectivity index (χ2n) is 2.04. The van der Waals surface area contributed by atoms with Crippen molar-refractivity contribution in [3.63, 3.8) is 0 Å². The van der Waals surface area contributed by atoms with E-state index in [1.54, 1.807) is 0 Å². The number of carbonyl (C=O) groups excluding carboxylic acids is 2. The predicted octanol–water partition coefficient (Wildman–Crippen LogP) is 0.669. The molecule has 0 rings (SSSR count). The first-order valence-corrected chi connectivity index (χ1v) is 3.62. The van der Waals surface area contributed by atoms with Gasteiger partial charge in [0, 0.05) is 6.08 Å². The summed E-state index contributed by atoms with van der Waals surface area (Å²) >= 11 is 0. The van der Waals surface area contributed by atoms with Gasteiger partial charge < -0.3 is 9.47 Å². The van der Waals surface area contributed by atoms with Crippen LogP contribution in [0.5, 0.6) is 0 Å². The first-order chi connectivity index (χ1) is 5.72. The highest BCUT2D eigenvalue weighted by molar-refractivity contribution is 6.38. The third kappa shape index (κ3) is 4.49. The Morgan fingerprint density at radius 2 is 2.08 bits per heavy atom. The Morgan fingerprint density at radius 1 is 1.42 bits per heavy atom. The Morgan fingerprint density at radius 3 is 2.58 bits per heavy atom. The summed E-state index contributed by atoms with van der Waals surface area (Å²) in [7, 11) is 1.39. The summed E-state index contributed by atoms with van der Waals surface area (Å²) in [4.78, 5) is 21.5. The van der Waals surface area contributed by atoms with Crippen LogP contribution in [0.4, 0.5) is 0 Å². The van der Waals surface area contributed by atoms with Gasteiger partial charge in [-0.2, -0.15) is 0 Å². The fraction of sp³-hybridized carbons (Fsp3) is 0.500. The van der Waals surface area contributed by atoms with Crippen molar-refractivity contribution in [2.24, 2.45) is 0 Å². The lowest BCUT2D eigenvalue weighted by molar-refractivity contribution is -0.151. The van der Waals surface area contributed by atoms with Crippen LogP contribution in [0.25, 0.3) is 0 Å². The topological polar surface area (TPSA) is 52.6 Å². The molecule has 68 valence electrons. The van der Waals surface area contributed by atoms with Crippen molar-refractivity contribution in [3.8, 4) is 0 Å². The van der Waals surface area contributed by atoms with Crippen molar-refractivity contribution in [2.45, 2.75) is 13.3 Å². The summed E-state index contributed by atoms with van der Waals surface area (Å²) in [5.41, 5.74) is 0. The lowest BCUT2D eigenvalue weighted by atomic mass is 10.4. The van der Waals surface area contributed by atoms with E-state index in [4.69, 9.17) is 0 Å². The Bertz CT molecular complexity index is 183. The molecule has 0 N–H and O–H groups in total. The summed E-state index contributed by atoms with van der Waals surface area (Å²) in [6, 6.07) is 0. The van der Waals surface area contributed by atoms with Crippen LogP contribution in [0.1, 0.15) is 13.3 Å². The number of methoxy groups -OCH3 is 1. The van der Waals surface area contributed by atoms with E-state index >= 15 is 0 Å². The Kier molecular flexibility index (Phi) is 5.69. The summed E-state index contributed by atoms with van der Waals surface area (Å²) in [6.45, 7) is 2.12. The van der Waals surface area contributed by atoms with Crippen LogP contribution in [0.2, 0.25) is 0 Å². The monoisotopic (exact) mass is 172 g/mol. The van der Waals surface area contributed by atoms with Gasteiger partial charge in [0.2, 0.25) is 0 Å². The van der Waals surface area contributed by atoms with Gasteiger partial charge in [0.15, 0.2) is 0 Å². The molecule has 0 aliphatic heterocycles. The van der Waals surface area contributed by atoms with Crippen molar-refractivity contribution in [3.05, 3.63) is 12.3 Å². The molecule has 0 atom stereocenters. The normalized spacial score (nSPS) is 9.83. The van der Waals surface area contributed by atoms with Crippen molar-refractivity contribution in [2.75, 3.05) is 13.7 Å². The van der Waals surface area contributed by atoms with E-state index in [0.717, 1.165) is 12.3 Å². The maximum Gasteiger partial charge on any atom is 0.379 e. The molecule has 0 fully saturated rings. The molecular weight excluding hydrogens is 160 g/mol. The average Bonchev–Trinajstić information content (AvgIpc) is 2.10. The first kappa shape index (κ1) is 10.7. The van der Waals surface area contributed by atoms with Gasteiger partial charge in [-0.15, -0.1) is 0 Å². The summed E-state index contributed by atoms with van der Waals surface area (Å²) < 4.78 is 9.01. The largest absolute Gasteiger partial charge is 0.504 e. The number of ether oxygens (including phenoxy) is 2. The zero-order valence-corrected chi connectivity index (χ0v) is 7.20. The van der Waals surface area contributed by atoms with Crippen molar-refractivity contribution < 1.29 is 19.1 Å². The summed E-state index contributed by atoms with van der Waals surface area (Å²) in [5.74, 6) is -1.55. The molecule has 0 aromatic rings. The van der Waals surface area contributed by atoms with Gasteiger partial charge in [0.25, 0.3) is 5.78 Å². The number of esters is 1. The van der Waals surface area contributed by atoms with Gasteiger partial charge in [-0.25, -0.2) is 4.79 Å². The quantitative estimate of drug-likeness (QED) is 0.265. The fourth-order valence-electron chi connectivity index (χ4n) is 0.464. The molecule has 0 bridgehead atoms. The Hall–Kier alpha value is -1.32. The van der Waals surface area contributed by atoms with Crippen molar-refractivity contribution >= 4 is 11.8 Å². The molecule has 0 saturated heterocycles.